The molecule has 0 aliphatic carbocycles. The molecule has 0 saturated carbocycles. The lowest BCUT2D eigenvalue weighted by Gasteiger charge is -2.22. The van der Waals surface area contributed by atoms with Crippen LogP contribution in [0.15, 0.2) is 72.8 Å². The van der Waals surface area contributed by atoms with Gasteiger partial charge in [-0.25, -0.2) is 0 Å². The molecule has 0 fully saturated rings. The van der Waals surface area contributed by atoms with Crippen LogP contribution >= 0.6 is 0 Å². The van der Waals surface area contributed by atoms with Gasteiger partial charge in [0.2, 0.25) is 5.62 Å². The van der Waals surface area contributed by atoms with E-state index in [9.17, 15) is 5.11 Å². The van der Waals surface area contributed by atoms with Crippen LogP contribution in [-0.2, 0) is 13.0 Å². The first-order chi connectivity index (χ1) is 15.4. The van der Waals surface area contributed by atoms with Gasteiger partial charge in [-0.05, 0) is 50.5 Å². The van der Waals surface area contributed by atoms with E-state index < -0.39 is 6.23 Å². The maximum absolute atomic E-state index is 9.88. The fourth-order valence-electron chi connectivity index (χ4n) is 4.22. The Morgan fingerprint density at radius 2 is 1.41 bits per heavy atom. The summed E-state index contributed by atoms with van der Waals surface area (Å²) in [7, 11) is 0. The van der Waals surface area contributed by atoms with Crippen LogP contribution in [0.2, 0.25) is 0 Å². The van der Waals surface area contributed by atoms with Crippen LogP contribution in [0.25, 0.3) is 11.0 Å². The molecule has 3 aromatic carbocycles. The lowest BCUT2D eigenvalue weighted by atomic mass is 10.0. The third-order valence-corrected chi connectivity index (χ3v) is 5.98. The molecule has 4 aromatic rings. The van der Waals surface area contributed by atoms with E-state index in [1.165, 1.54) is 22.3 Å². The monoisotopic (exact) mass is 428 g/mol. The number of fused-ring (bicyclic) bond motifs is 1. The van der Waals surface area contributed by atoms with Crippen molar-refractivity contribution in [1.29, 1.82) is 5.41 Å². The molecule has 0 aliphatic rings. The number of aryl methyl sites for hydroxylation is 2. The number of rotatable bonds is 8. The average molecular weight is 429 g/mol. The lowest BCUT2D eigenvalue weighted by Crippen LogP contribution is -2.37. The van der Waals surface area contributed by atoms with Crippen LogP contribution in [-0.4, -0.2) is 27.0 Å². The SMILES string of the molecule is Cc1ccc(C[C@H](CNC(C)O)n2c(=N)n(Cc3ccc(C)cc3)c3ccccc32)cc1. The summed E-state index contributed by atoms with van der Waals surface area (Å²) >= 11 is 0. The van der Waals surface area contributed by atoms with Crippen LogP contribution in [0.1, 0.15) is 35.2 Å². The smallest absolute Gasteiger partial charge is 0.203 e. The number of aliphatic hydroxyl groups is 1. The predicted octanol–water partition coefficient (Wildman–Crippen LogP) is 4.30. The average Bonchev–Trinajstić information content (AvgIpc) is 3.05. The van der Waals surface area contributed by atoms with Gasteiger partial charge in [-0.2, -0.15) is 0 Å². The molecule has 0 aliphatic heterocycles. The molecule has 0 spiro atoms. The van der Waals surface area contributed by atoms with E-state index in [1.54, 1.807) is 6.92 Å². The number of nitrogens with zero attached hydrogens (tertiary/aromatic N) is 2. The molecule has 0 saturated heterocycles. The van der Waals surface area contributed by atoms with E-state index in [0.29, 0.717) is 18.7 Å². The molecule has 1 heterocycles. The molecule has 166 valence electrons. The van der Waals surface area contributed by atoms with Crippen molar-refractivity contribution >= 4 is 11.0 Å². The van der Waals surface area contributed by atoms with E-state index in [1.807, 2.05) is 12.1 Å². The van der Waals surface area contributed by atoms with Crippen LogP contribution in [0.4, 0.5) is 0 Å². The quantitative estimate of drug-likeness (QED) is 0.366. The highest BCUT2D eigenvalue weighted by atomic mass is 16.3. The second kappa shape index (κ2) is 9.55. The van der Waals surface area contributed by atoms with E-state index in [0.717, 1.165) is 17.5 Å². The number of nitrogens with one attached hydrogen (secondary N) is 2. The van der Waals surface area contributed by atoms with Gasteiger partial charge in [0.05, 0.1) is 23.6 Å². The Balaban J connectivity index is 1.78. The number of benzene rings is 3. The largest absolute Gasteiger partial charge is 0.379 e. The molecule has 32 heavy (non-hydrogen) atoms. The van der Waals surface area contributed by atoms with Crippen LogP contribution in [0.3, 0.4) is 0 Å². The summed E-state index contributed by atoms with van der Waals surface area (Å²) in [6.07, 6.45) is 0.168. The second-order valence-corrected chi connectivity index (χ2v) is 8.68. The highest BCUT2D eigenvalue weighted by molar-refractivity contribution is 5.76. The van der Waals surface area contributed by atoms with Gasteiger partial charge in [0.15, 0.2) is 0 Å². The van der Waals surface area contributed by atoms with Crippen molar-refractivity contribution in [2.24, 2.45) is 0 Å². The van der Waals surface area contributed by atoms with Crippen molar-refractivity contribution in [3.8, 4) is 0 Å². The van der Waals surface area contributed by atoms with Crippen LogP contribution in [0, 0.1) is 19.3 Å². The van der Waals surface area contributed by atoms with Crippen molar-refractivity contribution < 1.29 is 5.11 Å². The summed E-state index contributed by atoms with van der Waals surface area (Å²) in [5.74, 6) is 0. The van der Waals surface area contributed by atoms with E-state index in [-0.39, 0.29) is 6.04 Å². The highest BCUT2D eigenvalue weighted by Crippen LogP contribution is 2.21. The fourth-order valence-corrected chi connectivity index (χ4v) is 4.22. The molecule has 0 amide bonds. The minimum Gasteiger partial charge on any atom is -0.379 e. The first-order valence-corrected chi connectivity index (χ1v) is 11.2. The summed E-state index contributed by atoms with van der Waals surface area (Å²) in [6.45, 7) is 7.12. The number of imidazole rings is 1. The third-order valence-electron chi connectivity index (χ3n) is 5.98. The van der Waals surface area contributed by atoms with Gasteiger partial charge in [0.25, 0.3) is 0 Å². The van der Waals surface area contributed by atoms with Crippen molar-refractivity contribution in [2.45, 2.75) is 46.0 Å². The van der Waals surface area contributed by atoms with Gasteiger partial charge < -0.3 is 14.2 Å². The first kappa shape index (κ1) is 22.1. The van der Waals surface area contributed by atoms with E-state index in [4.69, 9.17) is 5.41 Å². The normalized spacial score (nSPS) is 13.4. The Kier molecular flexibility index (Phi) is 6.58. The molecular formula is C27H32N4O. The van der Waals surface area contributed by atoms with Crippen molar-refractivity contribution in [2.75, 3.05) is 6.54 Å². The van der Waals surface area contributed by atoms with Gasteiger partial charge in [-0.1, -0.05) is 71.8 Å². The number of aromatic nitrogens is 2. The number of para-hydroxylation sites is 2. The maximum Gasteiger partial charge on any atom is 0.203 e. The Bertz CT molecular complexity index is 1230. The second-order valence-electron chi connectivity index (χ2n) is 8.68. The van der Waals surface area contributed by atoms with Gasteiger partial charge in [0, 0.05) is 6.54 Å². The summed E-state index contributed by atoms with van der Waals surface area (Å²) in [6, 6.07) is 25.3. The highest BCUT2D eigenvalue weighted by Gasteiger charge is 2.20. The molecule has 1 unspecified atom stereocenters. The van der Waals surface area contributed by atoms with Crippen molar-refractivity contribution in [1.82, 2.24) is 14.5 Å². The Hall–Kier alpha value is -3.15. The van der Waals surface area contributed by atoms with Crippen molar-refractivity contribution in [3.05, 3.63) is 101 Å². The van der Waals surface area contributed by atoms with Gasteiger partial charge in [-0.15, -0.1) is 0 Å². The Morgan fingerprint density at radius 3 is 2.00 bits per heavy atom. The van der Waals surface area contributed by atoms with E-state index in [2.05, 4.69) is 89.0 Å². The molecule has 1 aromatic heterocycles. The topological polar surface area (TPSA) is 66.0 Å². The summed E-state index contributed by atoms with van der Waals surface area (Å²) in [4.78, 5) is 0. The Labute approximate surface area is 189 Å². The lowest BCUT2D eigenvalue weighted by molar-refractivity contribution is 0.150. The van der Waals surface area contributed by atoms with Crippen LogP contribution < -0.4 is 10.9 Å². The molecule has 3 N–H and O–H groups in total. The zero-order valence-corrected chi connectivity index (χ0v) is 19.0. The van der Waals surface area contributed by atoms with Gasteiger partial charge >= 0.3 is 0 Å². The summed E-state index contributed by atoms with van der Waals surface area (Å²) in [5, 5.41) is 22.2. The zero-order valence-electron chi connectivity index (χ0n) is 19.0. The standard InChI is InChI=1S/C27H32N4O/c1-19-8-12-22(13-9-19)16-24(17-29-21(3)32)31-26-7-5-4-6-25(26)30(27(31)28)18-23-14-10-20(2)11-15-23/h4-15,21,24,28-29,32H,16-18H2,1-3H3/t21?,24-/m1/s1. The minimum absolute atomic E-state index is 0.0102. The van der Waals surface area contributed by atoms with Crippen molar-refractivity contribution in [3.63, 3.8) is 0 Å². The molecule has 4 rings (SSSR count). The molecule has 5 heteroatoms. The fraction of sp³-hybridized carbons (Fsp3) is 0.296. The minimum atomic E-state index is -0.605. The third kappa shape index (κ3) is 4.85. The molecule has 0 bridgehead atoms. The number of hydrogen-bond acceptors (Lipinski definition) is 3. The Morgan fingerprint density at radius 1 is 0.844 bits per heavy atom. The summed E-state index contributed by atoms with van der Waals surface area (Å²) < 4.78 is 4.18. The molecule has 0 radical (unpaired) electrons. The zero-order chi connectivity index (χ0) is 22.7. The van der Waals surface area contributed by atoms with Gasteiger partial charge in [-0.3, -0.25) is 10.7 Å². The van der Waals surface area contributed by atoms with Gasteiger partial charge in [0.1, 0.15) is 6.23 Å². The van der Waals surface area contributed by atoms with E-state index >= 15 is 0 Å². The first-order valence-electron chi connectivity index (χ1n) is 11.2. The van der Waals surface area contributed by atoms with Crippen LogP contribution in [0.5, 0.6) is 0 Å². The number of hydrogen-bond donors (Lipinski definition) is 3. The summed E-state index contributed by atoms with van der Waals surface area (Å²) in [5.41, 5.74) is 7.41. The molecule has 5 nitrogen and oxygen atoms in total. The maximum atomic E-state index is 9.88. The molecular weight excluding hydrogens is 396 g/mol. The number of aliphatic hydroxyl groups excluding tert-OH is 1. The predicted molar refractivity (Wildman–Crippen MR) is 130 cm³/mol. The molecule has 2 atom stereocenters.